The second kappa shape index (κ2) is 5.36. The van der Waals surface area contributed by atoms with Crippen molar-refractivity contribution in [2.75, 3.05) is 7.11 Å². The van der Waals surface area contributed by atoms with Gasteiger partial charge in [0.1, 0.15) is 11.4 Å². The quantitative estimate of drug-likeness (QED) is 0.800. The van der Waals surface area contributed by atoms with Gasteiger partial charge < -0.3 is 4.74 Å². The molecule has 0 aliphatic heterocycles. The van der Waals surface area contributed by atoms with Crippen LogP contribution in [0.1, 0.15) is 11.4 Å². The molecule has 0 aliphatic rings. The van der Waals surface area contributed by atoms with E-state index in [1.54, 1.807) is 13.3 Å². The Labute approximate surface area is 123 Å². The largest absolute Gasteiger partial charge is 0.496 e. The van der Waals surface area contributed by atoms with E-state index in [9.17, 15) is 0 Å². The van der Waals surface area contributed by atoms with Crippen molar-refractivity contribution in [2.45, 2.75) is 13.8 Å². The zero-order valence-corrected chi connectivity index (χ0v) is 12.2. The summed E-state index contributed by atoms with van der Waals surface area (Å²) in [6, 6.07) is 10.1. The molecule has 0 bridgehead atoms. The summed E-state index contributed by atoms with van der Waals surface area (Å²) in [5.41, 5.74) is 5.89. The van der Waals surface area contributed by atoms with Gasteiger partial charge in [0.15, 0.2) is 0 Å². The predicted octanol–water partition coefficient (Wildman–Crippen LogP) is 3.16. The SMILES string of the molecule is COc1cc(-c2cn[nH]n2)ccc1-c1cc(C)nc(C)c1. The van der Waals surface area contributed by atoms with E-state index in [0.29, 0.717) is 0 Å². The number of ether oxygens (including phenoxy) is 1. The second-order valence-corrected chi connectivity index (χ2v) is 4.91. The van der Waals surface area contributed by atoms with E-state index in [1.165, 1.54) is 0 Å². The van der Waals surface area contributed by atoms with Gasteiger partial charge in [-0.25, -0.2) is 0 Å². The van der Waals surface area contributed by atoms with Gasteiger partial charge in [-0.2, -0.15) is 15.4 Å². The van der Waals surface area contributed by atoms with Crippen molar-refractivity contribution in [2.24, 2.45) is 0 Å². The van der Waals surface area contributed by atoms with Gasteiger partial charge in [0.25, 0.3) is 0 Å². The molecule has 5 nitrogen and oxygen atoms in total. The van der Waals surface area contributed by atoms with Crippen molar-refractivity contribution >= 4 is 0 Å². The van der Waals surface area contributed by atoms with Gasteiger partial charge in [0.05, 0.1) is 13.3 Å². The number of benzene rings is 1. The van der Waals surface area contributed by atoms with Crippen LogP contribution in [0, 0.1) is 13.8 Å². The van der Waals surface area contributed by atoms with E-state index < -0.39 is 0 Å². The molecule has 3 rings (SSSR count). The molecular weight excluding hydrogens is 264 g/mol. The van der Waals surface area contributed by atoms with Gasteiger partial charge in [-0.05, 0) is 43.7 Å². The summed E-state index contributed by atoms with van der Waals surface area (Å²) >= 11 is 0. The molecule has 0 fully saturated rings. The minimum absolute atomic E-state index is 0.793. The van der Waals surface area contributed by atoms with Crippen LogP contribution in [0.3, 0.4) is 0 Å². The molecule has 0 saturated carbocycles. The Morgan fingerprint density at radius 2 is 1.76 bits per heavy atom. The van der Waals surface area contributed by atoms with Crippen molar-refractivity contribution in [1.82, 2.24) is 20.4 Å². The van der Waals surface area contributed by atoms with Gasteiger partial charge in [-0.3, -0.25) is 4.98 Å². The van der Waals surface area contributed by atoms with Crippen LogP contribution in [-0.4, -0.2) is 27.5 Å². The number of methoxy groups -OCH3 is 1. The van der Waals surface area contributed by atoms with Crippen LogP contribution in [-0.2, 0) is 0 Å². The van der Waals surface area contributed by atoms with Crippen LogP contribution in [0.2, 0.25) is 0 Å². The summed E-state index contributed by atoms with van der Waals surface area (Å²) in [5, 5.41) is 10.5. The maximum absolute atomic E-state index is 5.54. The molecule has 3 aromatic rings. The van der Waals surface area contributed by atoms with Gasteiger partial charge in [-0.15, -0.1) is 0 Å². The lowest BCUT2D eigenvalue weighted by molar-refractivity contribution is 0.416. The van der Waals surface area contributed by atoms with E-state index in [4.69, 9.17) is 4.74 Å². The number of pyridine rings is 1. The number of aryl methyl sites for hydroxylation is 2. The monoisotopic (exact) mass is 280 g/mol. The summed E-state index contributed by atoms with van der Waals surface area (Å²) in [6.45, 7) is 3.99. The predicted molar refractivity (Wildman–Crippen MR) is 81.1 cm³/mol. The molecule has 21 heavy (non-hydrogen) atoms. The third kappa shape index (κ3) is 2.63. The van der Waals surface area contributed by atoms with Crippen LogP contribution in [0.15, 0.2) is 36.5 Å². The standard InChI is InChI=1S/C16H16N4O/c1-10-6-13(7-11(2)18-10)14-5-4-12(8-16(14)21-3)15-9-17-20-19-15/h4-9H,1-3H3,(H,17,19,20). The number of hydrogen-bond donors (Lipinski definition) is 1. The molecule has 0 spiro atoms. The van der Waals surface area contributed by atoms with Crippen molar-refractivity contribution in [3.8, 4) is 28.1 Å². The van der Waals surface area contributed by atoms with Crippen LogP contribution in [0.4, 0.5) is 0 Å². The fraction of sp³-hybridized carbons (Fsp3) is 0.188. The molecule has 0 atom stereocenters. The number of rotatable bonds is 3. The number of aromatic nitrogens is 4. The lowest BCUT2D eigenvalue weighted by atomic mass is 10.0. The van der Waals surface area contributed by atoms with Crippen molar-refractivity contribution < 1.29 is 4.74 Å². The first-order chi connectivity index (χ1) is 10.2. The Balaban J connectivity index is 2.11. The number of nitrogens with one attached hydrogen (secondary N) is 1. The summed E-state index contributed by atoms with van der Waals surface area (Å²) < 4.78 is 5.54. The fourth-order valence-corrected chi connectivity index (χ4v) is 2.42. The van der Waals surface area contributed by atoms with Gasteiger partial charge in [0, 0.05) is 22.5 Å². The molecule has 1 aromatic carbocycles. The molecule has 5 heteroatoms. The summed E-state index contributed by atoms with van der Waals surface area (Å²) in [5.74, 6) is 0.806. The Morgan fingerprint density at radius 1 is 1.00 bits per heavy atom. The summed E-state index contributed by atoms with van der Waals surface area (Å²) in [6.07, 6.45) is 1.69. The lowest BCUT2D eigenvalue weighted by Gasteiger charge is -2.11. The molecular formula is C16H16N4O. The number of aromatic amines is 1. The van der Waals surface area contributed by atoms with Gasteiger partial charge in [0.2, 0.25) is 0 Å². The minimum Gasteiger partial charge on any atom is -0.496 e. The number of H-pyrrole nitrogens is 1. The lowest BCUT2D eigenvalue weighted by Crippen LogP contribution is -1.92. The van der Waals surface area contributed by atoms with Gasteiger partial charge >= 0.3 is 0 Å². The van der Waals surface area contributed by atoms with E-state index in [-0.39, 0.29) is 0 Å². The fourth-order valence-electron chi connectivity index (χ4n) is 2.42. The maximum Gasteiger partial charge on any atom is 0.127 e. The molecule has 0 amide bonds. The highest BCUT2D eigenvalue weighted by Gasteiger charge is 2.10. The summed E-state index contributed by atoms with van der Waals surface area (Å²) in [7, 11) is 1.67. The smallest absolute Gasteiger partial charge is 0.127 e. The molecule has 1 N–H and O–H groups in total. The van der Waals surface area contributed by atoms with Crippen molar-refractivity contribution in [3.05, 3.63) is 47.9 Å². The zero-order chi connectivity index (χ0) is 14.8. The Kier molecular flexibility index (Phi) is 3.39. The number of hydrogen-bond acceptors (Lipinski definition) is 4. The van der Waals surface area contributed by atoms with Crippen molar-refractivity contribution in [3.63, 3.8) is 0 Å². The van der Waals surface area contributed by atoms with E-state index >= 15 is 0 Å². The normalized spacial score (nSPS) is 10.6. The molecule has 2 heterocycles. The average molecular weight is 280 g/mol. The van der Waals surface area contributed by atoms with Gasteiger partial charge in [-0.1, -0.05) is 6.07 Å². The first-order valence-electron chi connectivity index (χ1n) is 6.67. The molecule has 106 valence electrons. The van der Waals surface area contributed by atoms with Crippen LogP contribution in [0.5, 0.6) is 5.75 Å². The molecule has 0 saturated heterocycles. The molecule has 2 aromatic heterocycles. The van der Waals surface area contributed by atoms with Crippen LogP contribution < -0.4 is 4.74 Å². The first-order valence-corrected chi connectivity index (χ1v) is 6.67. The topological polar surface area (TPSA) is 63.7 Å². The average Bonchev–Trinajstić information content (AvgIpc) is 2.99. The van der Waals surface area contributed by atoms with Crippen LogP contribution >= 0.6 is 0 Å². The van der Waals surface area contributed by atoms with Crippen LogP contribution in [0.25, 0.3) is 22.4 Å². The molecule has 0 unspecified atom stereocenters. The minimum atomic E-state index is 0.793. The van der Waals surface area contributed by atoms with E-state index in [2.05, 4.69) is 32.5 Å². The Bertz CT molecular complexity index is 746. The Hall–Kier alpha value is -2.69. The van der Waals surface area contributed by atoms with E-state index in [0.717, 1.165) is 39.5 Å². The first kappa shape index (κ1) is 13.3. The summed E-state index contributed by atoms with van der Waals surface area (Å²) in [4.78, 5) is 4.41. The second-order valence-electron chi connectivity index (χ2n) is 4.91. The highest BCUT2D eigenvalue weighted by atomic mass is 16.5. The molecule has 0 radical (unpaired) electrons. The highest BCUT2D eigenvalue weighted by molar-refractivity contribution is 5.75. The zero-order valence-electron chi connectivity index (χ0n) is 12.2. The Morgan fingerprint density at radius 3 is 2.38 bits per heavy atom. The third-order valence-corrected chi connectivity index (χ3v) is 3.30. The molecule has 0 aliphatic carbocycles. The maximum atomic E-state index is 5.54. The van der Waals surface area contributed by atoms with E-state index in [1.807, 2.05) is 32.0 Å². The highest BCUT2D eigenvalue weighted by Crippen LogP contribution is 2.33. The number of nitrogens with zero attached hydrogens (tertiary/aromatic N) is 3. The third-order valence-electron chi connectivity index (χ3n) is 3.30. The van der Waals surface area contributed by atoms with Crippen molar-refractivity contribution in [1.29, 1.82) is 0 Å².